The molecule has 7 nitrogen and oxygen atoms in total. The van der Waals surface area contributed by atoms with Crippen LogP contribution in [0.4, 0.5) is 15.8 Å². The van der Waals surface area contributed by atoms with Crippen LogP contribution in [0.2, 0.25) is 0 Å². The quantitative estimate of drug-likeness (QED) is 0.380. The number of esters is 1. The summed E-state index contributed by atoms with van der Waals surface area (Å²) in [5.74, 6) is -2.32. The third-order valence-electron chi connectivity index (χ3n) is 5.25. The zero-order valence-corrected chi connectivity index (χ0v) is 19.5. The molecule has 1 aliphatic rings. The summed E-state index contributed by atoms with van der Waals surface area (Å²) in [5, 5.41) is 2.03. The van der Waals surface area contributed by atoms with E-state index in [2.05, 4.69) is 5.32 Å². The van der Waals surface area contributed by atoms with E-state index < -0.39 is 22.9 Å². The number of carbonyl (C=O) groups excluding carboxylic acids is 4. The van der Waals surface area contributed by atoms with Crippen LogP contribution >= 0.6 is 11.8 Å². The predicted octanol–water partition coefficient (Wildman–Crippen LogP) is 4.68. The number of halogens is 1. The van der Waals surface area contributed by atoms with Crippen LogP contribution in [-0.4, -0.2) is 35.5 Å². The molecule has 1 atom stereocenters. The summed E-state index contributed by atoms with van der Waals surface area (Å²) in [6, 6.07) is 18.5. The van der Waals surface area contributed by atoms with E-state index in [1.807, 2.05) is 0 Å². The van der Waals surface area contributed by atoms with Crippen LogP contribution in [0.1, 0.15) is 34.1 Å². The average molecular weight is 493 g/mol. The SMILES string of the molecule is CCOC(=O)c1ccc(N2C(=O)CC(Sc3ccc(NC(=O)c4ccccc4F)cc3)C2=O)cc1. The van der Waals surface area contributed by atoms with Gasteiger partial charge in [-0.3, -0.25) is 14.4 Å². The third kappa shape index (κ3) is 5.41. The number of thioether (sulfide) groups is 1. The van der Waals surface area contributed by atoms with Crippen molar-refractivity contribution in [2.45, 2.75) is 23.5 Å². The maximum absolute atomic E-state index is 13.8. The minimum atomic E-state index is -0.610. The van der Waals surface area contributed by atoms with Gasteiger partial charge in [-0.2, -0.15) is 0 Å². The maximum Gasteiger partial charge on any atom is 0.338 e. The molecular formula is C26H21FN2O5S. The predicted molar refractivity (Wildman–Crippen MR) is 130 cm³/mol. The van der Waals surface area contributed by atoms with Crippen molar-refractivity contribution in [3.8, 4) is 0 Å². The summed E-state index contributed by atoms with van der Waals surface area (Å²) in [4.78, 5) is 51.5. The third-order valence-corrected chi connectivity index (χ3v) is 6.45. The highest BCUT2D eigenvalue weighted by Gasteiger charge is 2.40. The molecule has 4 rings (SSSR count). The average Bonchev–Trinajstić information content (AvgIpc) is 3.13. The summed E-state index contributed by atoms with van der Waals surface area (Å²) in [6.45, 7) is 1.96. The van der Waals surface area contributed by atoms with Gasteiger partial charge < -0.3 is 10.1 Å². The fraction of sp³-hybridized carbons (Fsp3) is 0.154. The Kier molecular flexibility index (Phi) is 7.26. The summed E-state index contributed by atoms with van der Waals surface area (Å²) < 4.78 is 18.7. The Morgan fingerprint density at radius 2 is 1.71 bits per heavy atom. The van der Waals surface area contributed by atoms with Crippen molar-refractivity contribution in [2.24, 2.45) is 0 Å². The lowest BCUT2D eigenvalue weighted by atomic mass is 10.2. The van der Waals surface area contributed by atoms with E-state index in [1.165, 1.54) is 42.1 Å². The second kappa shape index (κ2) is 10.5. The first kappa shape index (κ1) is 24.2. The Hall–Kier alpha value is -3.98. The number of hydrogen-bond acceptors (Lipinski definition) is 6. The summed E-state index contributed by atoms with van der Waals surface area (Å²) in [6.07, 6.45) is 0.0366. The first-order valence-corrected chi connectivity index (χ1v) is 11.7. The number of benzene rings is 3. The van der Waals surface area contributed by atoms with Crippen molar-refractivity contribution in [3.63, 3.8) is 0 Å². The number of rotatable bonds is 7. The Morgan fingerprint density at radius 3 is 2.37 bits per heavy atom. The fourth-order valence-corrected chi connectivity index (χ4v) is 4.61. The van der Waals surface area contributed by atoms with E-state index in [9.17, 15) is 23.6 Å². The molecule has 0 radical (unpaired) electrons. The molecule has 9 heteroatoms. The van der Waals surface area contributed by atoms with Gasteiger partial charge in [0, 0.05) is 17.0 Å². The molecule has 3 aromatic carbocycles. The monoisotopic (exact) mass is 492 g/mol. The van der Waals surface area contributed by atoms with Crippen molar-refractivity contribution in [1.29, 1.82) is 0 Å². The number of nitrogens with one attached hydrogen (secondary N) is 1. The van der Waals surface area contributed by atoms with Gasteiger partial charge in [-0.05, 0) is 67.6 Å². The van der Waals surface area contributed by atoms with Gasteiger partial charge in [0.15, 0.2) is 0 Å². The number of nitrogens with zero attached hydrogens (tertiary/aromatic N) is 1. The standard InChI is InChI=1S/C26H21FN2O5S/c1-2-34-26(33)16-7-11-18(12-8-16)29-23(30)15-22(25(29)32)35-19-13-9-17(10-14-19)28-24(31)20-5-3-4-6-21(20)27/h3-14,22H,2,15H2,1H3,(H,28,31). The highest BCUT2D eigenvalue weighted by Crippen LogP contribution is 2.34. The Labute approximate surface area is 205 Å². The lowest BCUT2D eigenvalue weighted by molar-refractivity contribution is -0.121. The Morgan fingerprint density at radius 1 is 1.03 bits per heavy atom. The molecule has 0 saturated carbocycles. The number of imide groups is 1. The van der Waals surface area contributed by atoms with Crippen LogP contribution in [0.3, 0.4) is 0 Å². The van der Waals surface area contributed by atoms with Gasteiger partial charge in [-0.25, -0.2) is 14.1 Å². The molecule has 1 unspecified atom stereocenters. The van der Waals surface area contributed by atoms with Crippen LogP contribution in [0.25, 0.3) is 0 Å². The highest BCUT2D eigenvalue weighted by atomic mass is 32.2. The molecule has 35 heavy (non-hydrogen) atoms. The lowest BCUT2D eigenvalue weighted by Crippen LogP contribution is -2.31. The van der Waals surface area contributed by atoms with E-state index in [0.717, 1.165) is 9.80 Å². The zero-order chi connectivity index (χ0) is 24.9. The molecule has 3 aromatic rings. The summed E-state index contributed by atoms with van der Waals surface area (Å²) >= 11 is 1.24. The second-order valence-electron chi connectivity index (χ2n) is 7.60. The van der Waals surface area contributed by atoms with E-state index in [-0.39, 0.29) is 30.4 Å². The minimum Gasteiger partial charge on any atom is -0.462 e. The van der Waals surface area contributed by atoms with Crippen LogP contribution in [0.5, 0.6) is 0 Å². The molecule has 0 aromatic heterocycles. The van der Waals surface area contributed by atoms with Gasteiger partial charge >= 0.3 is 5.97 Å². The fourth-order valence-electron chi connectivity index (χ4n) is 3.55. The minimum absolute atomic E-state index is 0.0366. The molecular weight excluding hydrogens is 471 g/mol. The molecule has 0 aliphatic carbocycles. The van der Waals surface area contributed by atoms with Crippen molar-refractivity contribution in [3.05, 3.63) is 89.7 Å². The summed E-state index contributed by atoms with van der Waals surface area (Å²) in [5.41, 5.74) is 1.14. The van der Waals surface area contributed by atoms with Crippen molar-refractivity contribution < 1.29 is 28.3 Å². The topological polar surface area (TPSA) is 92.8 Å². The van der Waals surface area contributed by atoms with Gasteiger partial charge in [0.25, 0.3) is 5.91 Å². The van der Waals surface area contributed by atoms with Gasteiger partial charge in [-0.1, -0.05) is 12.1 Å². The first-order chi connectivity index (χ1) is 16.9. The van der Waals surface area contributed by atoms with Crippen LogP contribution < -0.4 is 10.2 Å². The van der Waals surface area contributed by atoms with E-state index in [0.29, 0.717) is 16.9 Å². The van der Waals surface area contributed by atoms with Gasteiger partial charge in [0.2, 0.25) is 11.8 Å². The normalized spacial score (nSPS) is 15.3. The number of anilines is 2. The van der Waals surface area contributed by atoms with Crippen molar-refractivity contribution >= 4 is 46.8 Å². The Balaban J connectivity index is 1.39. The molecule has 1 fully saturated rings. The lowest BCUT2D eigenvalue weighted by Gasteiger charge is -2.15. The largest absolute Gasteiger partial charge is 0.462 e. The van der Waals surface area contributed by atoms with Gasteiger partial charge in [0.1, 0.15) is 5.82 Å². The smallest absolute Gasteiger partial charge is 0.338 e. The van der Waals surface area contributed by atoms with Crippen LogP contribution in [-0.2, 0) is 14.3 Å². The maximum atomic E-state index is 13.8. The van der Waals surface area contributed by atoms with Crippen molar-refractivity contribution in [2.75, 3.05) is 16.8 Å². The van der Waals surface area contributed by atoms with Gasteiger partial charge in [-0.15, -0.1) is 11.8 Å². The molecule has 1 aliphatic heterocycles. The highest BCUT2D eigenvalue weighted by molar-refractivity contribution is 8.00. The number of ether oxygens (including phenoxy) is 1. The molecule has 3 amide bonds. The molecule has 178 valence electrons. The molecule has 0 bridgehead atoms. The number of hydrogen-bond donors (Lipinski definition) is 1. The number of carbonyl (C=O) groups is 4. The van der Waals surface area contributed by atoms with E-state index >= 15 is 0 Å². The zero-order valence-electron chi connectivity index (χ0n) is 18.7. The van der Waals surface area contributed by atoms with Crippen LogP contribution in [0, 0.1) is 5.82 Å². The van der Waals surface area contributed by atoms with E-state index in [4.69, 9.17) is 4.74 Å². The van der Waals surface area contributed by atoms with E-state index in [1.54, 1.807) is 49.4 Å². The van der Waals surface area contributed by atoms with Crippen molar-refractivity contribution in [1.82, 2.24) is 0 Å². The van der Waals surface area contributed by atoms with Gasteiger partial charge in [0.05, 0.1) is 28.7 Å². The molecule has 1 heterocycles. The second-order valence-corrected chi connectivity index (χ2v) is 8.88. The molecule has 1 saturated heterocycles. The summed E-state index contributed by atoms with van der Waals surface area (Å²) in [7, 11) is 0. The first-order valence-electron chi connectivity index (χ1n) is 10.8. The molecule has 0 spiro atoms. The van der Waals surface area contributed by atoms with Crippen LogP contribution in [0.15, 0.2) is 77.7 Å². The number of amides is 3. The molecule has 1 N–H and O–H groups in total. The Bertz CT molecular complexity index is 1280.